The second kappa shape index (κ2) is 9.62. The van der Waals surface area contributed by atoms with Crippen LogP contribution in [0.2, 0.25) is 0 Å². The number of amides is 2. The smallest absolute Gasteiger partial charge is 0.319 e. The monoisotopic (exact) mass is 372 g/mol. The molecule has 7 heteroatoms. The maximum absolute atomic E-state index is 12.0. The predicted octanol–water partition coefficient (Wildman–Crippen LogP) is 3.31. The average molecular weight is 372 g/mol. The summed E-state index contributed by atoms with van der Waals surface area (Å²) in [7, 11) is 0. The molecule has 0 spiro atoms. The third kappa shape index (κ3) is 6.60. The first kappa shape index (κ1) is 19.5. The first-order valence-electron chi connectivity index (χ1n) is 8.00. The van der Waals surface area contributed by atoms with E-state index in [0.29, 0.717) is 11.4 Å². The Balaban J connectivity index is 1.80. The third-order valence-electron chi connectivity index (χ3n) is 3.20. The highest BCUT2D eigenvalue weighted by atomic mass is 32.2. The summed E-state index contributed by atoms with van der Waals surface area (Å²) in [6, 6.07) is 16.2. The van der Waals surface area contributed by atoms with Crippen molar-refractivity contribution in [3.8, 4) is 0 Å². The number of nitrogens with one attached hydrogen (secondary N) is 2. The summed E-state index contributed by atoms with van der Waals surface area (Å²) in [5.41, 5.74) is 1.07. The van der Waals surface area contributed by atoms with Crippen LogP contribution in [-0.2, 0) is 19.1 Å². The SMILES string of the molecule is CC(=O)Nc1cccc(NC(=O)COC(=O)[C@H](C)Sc2ccccc2)c1. The van der Waals surface area contributed by atoms with Crippen LogP contribution in [0.5, 0.6) is 0 Å². The maximum Gasteiger partial charge on any atom is 0.319 e. The highest BCUT2D eigenvalue weighted by molar-refractivity contribution is 8.00. The van der Waals surface area contributed by atoms with Crippen LogP contribution < -0.4 is 10.6 Å². The number of carbonyl (C=O) groups is 3. The summed E-state index contributed by atoms with van der Waals surface area (Å²) >= 11 is 1.37. The number of benzene rings is 2. The van der Waals surface area contributed by atoms with Crippen molar-refractivity contribution in [1.82, 2.24) is 0 Å². The van der Waals surface area contributed by atoms with E-state index in [0.717, 1.165) is 4.90 Å². The molecule has 0 saturated heterocycles. The summed E-state index contributed by atoms with van der Waals surface area (Å²) < 4.78 is 5.06. The van der Waals surface area contributed by atoms with Crippen LogP contribution in [0.15, 0.2) is 59.5 Å². The Kier molecular flexibility index (Phi) is 7.23. The first-order valence-corrected chi connectivity index (χ1v) is 8.88. The zero-order valence-corrected chi connectivity index (χ0v) is 15.3. The predicted molar refractivity (Wildman–Crippen MR) is 102 cm³/mol. The molecule has 0 bridgehead atoms. The van der Waals surface area contributed by atoms with Gasteiger partial charge < -0.3 is 15.4 Å². The molecule has 0 radical (unpaired) electrons. The maximum atomic E-state index is 12.0. The molecule has 0 unspecified atom stereocenters. The van der Waals surface area contributed by atoms with Crippen molar-refractivity contribution >= 4 is 40.9 Å². The Morgan fingerprint density at radius 3 is 2.31 bits per heavy atom. The molecule has 2 rings (SSSR count). The lowest BCUT2D eigenvalue weighted by atomic mass is 10.2. The average Bonchev–Trinajstić information content (AvgIpc) is 2.60. The number of anilines is 2. The van der Waals surface area contributed by atoms with Crippen molar-refractivity contribution in [3.63, 3.8) is 0 Å². The van der Waals surface area contributed by atoms with Gasteiger partial charge in [-0.15, -0.1) is 11.8 Å². The van der Waals surface area contributed by atoms with Gasteiger partial charge in [-0.05, 0) is 37.3 Å². The van der Waals surface area contributed by atoms with Gasteiger partial charge in [0, 0.05) is 23.2 Å². The molecule has 0 aliphatic rings. The van der Waals surface area contributed by atoms with E-state index in [9.17, 15) is 14.4 Å². The van der Waals surface area contributed by atoms with E-state index < -0.39 is 17.1 Å². The minimum Gasteiger partial charge on any atom is -0.455 e. The molecule has 0 saturated carbocycles. The Bertz CT molecular complexity index is 780. The summed E-state index contributed by atoms with van der Waals surface area (Å²) in [5.74, 6) is -1.11. The number of hydrogen-bond donors (Lipinski definition) is 2. The molecule has 2 aromatic carbocycles. The number of esters is 1. The number of rotatable bonds is 7. The molecule has 2 N–H and O–H groups in total. The minimum absolute atomic E-state index is 0.202. The van der Waals surface area contributed by atoms with Gasteiger partial charge in [-0.3, -0.25) is 14.4 Å². The highest BCUT2D eigenvalue weighted by Gasteiger charge is 2.17. The second-order valence-electron chi connectivity index (χ2n) is 5.49. The van der Waals surface area contributed by atoms with Gasteiger partial charge in [0.05, 0.1) is 0 Å². The summed E-state index contributed by atoms with van der Waals surface area (Å²) in [4.78, 5) is 36.0. The first-order chi connectivity index (χ1) is 12.4. The van der Waals surface area contributed by atoms with Crippen LogP contribution in [0.4, 0.5) is 11.4 Å². The molecule has 1 atom stereocenters. The van der Waals surface area contributed by atoms with Crippen molar-refractivity contribution in [3.05, 3.63) is 54.6 Å². The lowest BCUT2D eigenvalue weighted by Gasteiger charge is -2.12. The van der Waals surface area contributed by atoms with Crippen molar-refractivity contribution in [2.45, 2.75) is 24.0 Å². The molecular weight excluding hydrogens is 352 g/mol. The molecule has 0 aromatic heterocycles. The molecule has 2 aromatic rings. The van der Waals surface area contributed by atoms with E-state index in [1.54, 1.807) is 31.2 Å². The Hall–Kier alpha value is -2.80. The lowest BCUT2D eigenvalue weighted by molar-refractivity contribution is -0.146. The van der Waals surface area contributed by atoms with Gasteiger partial charge in [0.15, 0.2) is 6.61 Å². The van der Waals surface area contributed by atoms with E-state index in [4.69, 9.17) is 4.74 Å². The van der Waals surface area contributed by atoms with Crippen LogP contribution in [0.1, 0.15) is 13.8 Å². The lowest BCUT2D eigenvalue weighted by Crippen LogP contribution is -2.24. The largest absolute Gasteiger partial charge is 0.455 e. The molecule has 0 aliphatic heterocycles. The fourth-order valence-corrected chi connectivity index (χ4v) is 2.97. The van der Waals surface area contributed by atoms with Crippen LogP contribution >= 0.6 is 11.8 Å². The topological polar surface area (TPSA) is 84.5 Å². The summed E-state index contributed by atoms with van der Waals surface area (Å²) in [6.07, 6.45) is 0. The number of carbonyl (C=O) groups excluding carboxylic acids is 3. The van der Waals surface area contributed by atoms with Gasteiger partial charge in [0.25, 0.3) is 5.91 Å². The van der Waals surface area contributed by atoms with E-state index in [1.807, 2.05) is 30.3 Å². The number of thioether (sulfide) groups is 1. The van der Waals surface area contributed by atoms with Gasteiger partial charge in [0.1, 0.15) is 5.25 Å². The number of hydrogen-bond acceptors (Lipinski definition) is 5. The standard InChI is InChI=1S/C19H20N2O4S/c1-13(26-17-9-4-3-5-10-17)19(24)25-12-18(23)21-16-8-6-7-15(11-16)20-14(2)22/h3-11,13H,12H2,1-2H3,(H,20,22)(H,21,23)/t13-/m0/s1. The molecule has 6 nitrogen and oxygen atoms in total. The summed E-state index contributed by atoms with van der Waals surface area (Å²) in [5, 5.41) is 4.83. The molecule has 26 heavy (non-hydrogen) atoms. The fourth-order valence-electron chi connectivity index (χ4n) is 2.08. The van der Waals surface area contributed by atoms with E-state index >= 15 is 0 Å². The zero-order chi connectivity index (χ0) is 18.9. The van der Waals surface area contributed by atoms with Gasteiger partial charge in [-0.2, -0.15) is 0 Å². The van der Waals surface area contributed by atoms with Crippen LogP contribution in [0, 0.1) is 0 Å². The van der Waals surface area contributed by atoms with Gasteiger partial charge in [-0.1, -0.05) is 24.3 Å². The van der Waals surface area contributed by atoms with E-state index in [1.165, 1.54) is 18.7 Å². The molecule has 0 heterocycles. The van der Waals surface area contributed by atoms with Crippen molar-refractivity contribution in [2.24, 2.45) is 0 Å². The molecule has 0 aliphatic carbocycles. The quantitative estimate of drug-likeness (QED) is 0.575. The molecule has 0 fully saturated rings. The minimum atomic E-state index is -0.457. The van der Waals surface area contributed by atoms with Crippen molar-refractivity contribution in [1.29, 1.82) is 0 Å². The van der Waals surface area contributed by atoms with E-state index in [-0.39, 0.29) is 12.5 Å². The molecular formula is C19H20N2O4S. The van der Waals surface area contributed by atoms with Crippen molar-refractivity contribution < 1.29 is 19.1 Å². The normalized spacial score (nSPS) is 11.3. The zero-order valence-electron chi connectivity index (χ0n) is 14.5. The fraction of sp³-hybridized carbons (Fsp3) is 0.211. The molecule has 2 amide bonds. The van der Waals surface area contributed by atoms with E-state index in [2.05, 4.69) is 10.6 Å². The number of ether oxygens (including phenoxy) is 1. The van der Waals surface area contributed by atoms with Crippen LogP contribution in [0.3, 0.4) is 0 Å². The highest BCUT2D eigenvalue weighted by Crippen LogP contribution is 2.23. The van der Waals surface area contributed by atoms with Crippen LogP contribution in [0.25, 0.3) is 0 Å². The van der Waals surface area contributed by atoms with Gasteiger partial charge >= 0.3 is 5.97 Å². The Morgan fingerprint density at radius 2 is 1.65 bits per heavy atom. The van der Waals surface area contributed by atoms with Gasteiger partial charge in [0.2, 0.25) is 5.91 Å². The summed E-state index contributed by atoms with van der Waals surface area (Å²) in [6.45, 7) is 2.76. The van der Waals surface area contributed by atoms with Crippen LogP contribution in [-0.4, -0.2) is 29.6 Å². The Labute approximate surface area is 156 Å². The third-order valence-corrected chi connectivity index (χ3v) is 4.29. The van der Waals surface area contributed by atoms with Gasteiger partial charge in [-0.25, -0.2) is 0 Å². The molecule has 136 valence electrons. The van der Waals surface area contributed by atoms with Crippen molar-refractivity contribution in [2.75, 3.05) is 17.2 Å². The Morgan fingerprint density at radius 1 is 1.00 bits per heavy atom. The second-order valence-corrected chi connectivity index (χ2v) is 6.91.